The van der Waals surface area contributed by atoms with E-state index in [0.29, 0.717) is 25.3 Å². The molecule has 0 saturated carbocycles. The van der Waals surface area contributed by atoms with Gasteiger partial charge in [0.2, 0.25) is 11.8 Å². The van der Waals surface area contributed by atoms with Crippen LogP contribution in [-0.4, -0.2) is 31.6 Å². The molecule has 22 heavy (non-hydrogen) atoms. The van der Waals surface area contributed by atoms with Gasteiger partial charge in [-0.3, -0.25) is 9.59 Å². The van der Waals surface area contributed by atoms with Crippen molar-refractivity contribution in [2.75, 3.05) is 30.0 Å². The Kier molecular flexibility index (Phi) is 4.73. The van der Waals surface area contributed by atoms with Crippen molar-refractivity contribution in [3.05, 3.63) is 24.3 Å². The number of nitrogens with zero attached hydrogens (tertiary/aromatic N) is 1. The van der Waals surface area contributed by atoms with E-state index in [1.807, 2.05) is 24.3 Å². The van der Waals surface area contributed by atoms with Crippen molar-refractivity contribution in [3.63, 3.8) is 0 Å². The van der Waals surface area contributed by atoms with E-state index in [9.17, 15) is 9.59 Å². The van der Waals surface area contributed by atoms with E-state index < -0.39 is 0 Å². The molecule has 1 aromatic rings. The van der Waals surface area contributed by atoms with Crippen LogP contribution in [-0.2, 0) is 14.3 Å². The first kappa shape index (κ1) is 15.0. The standard InChI is InChI=1S/C17H22N2O3/c20-16-7-10-19(15-4-2-1-3-14(15)18-16)17(21)6-5-13-8-11-22-12-9-13/h1-4,13H,5-12H2,(H,18,20). The van der Waals surface area contributed by atoms with E-state index in [1.54, 1.807) is 4.90 Å². The first-order chi connectivity index (χ1) is 10.7. The van der Waals surface area contributed by atoms with Gasteiger partial charge in [-0.25, -0.2) is 0 Å². The number of carbonyl (C=O) groups excluding carboxylic acids is 2. The van der Waals surface area contributed by atoms with Crippen molar-refractivity contribution >= 4 is 23.2 Å². The van der Waals surface area contributed by atoms with Gasteiger partial charge in [0.25, 0.3) is 0 Å². The molecule has 1 N–H and O–H groups in total. The summed E-state index contributed by atoms with van der Waals surface area (Å²) in [6, 6.07) is 7.51. The van der Waals surface area contributed by atoms with Crippen molar-refractivity contribution in [2.24, 2.45) is 5.92 Å². The van der Waals surface area contributed by atoms with Crippen molar-refractivity contribution < 1.29 is 14.3 Å². The van der Waals surface area contributed by atoms with Crippen molar-refractivity contribution in [1.82, 2.24) is 0 Å². The molecular weight excluding hydrogens is 280 g/mol. The molecule has 0 aliphatic carbocycles. The van der Waals surface area contributed by atoms with Crippen LogP contribution in [0.3, 0.4) is 0 Å². The number of fused-ring (bicyclic) bond motifs is 1. The summed E-state index contributed by atoms with van der Waals surface area (Å²) in [7, 11) is 0. The van der Waals surface area contributed by atoms with Crippen LogP contribution >= 0.6 is 0 Å². The summed E-state index contributed by atoms with van der Waals surface area (Å²) in [4.78, 5) is 26.1. The van der Waals surface area contributed by atoms with Gasteiger partial charge in [-0.1, -0.05) is 12.1 Å². The largest absolute Gasteiger partial charge is 0.381 e. The highest BCUT2D eigenvalue weighted by molar-refractivity contribution is 6.03. The first-order valence-corrected chi connectivity index (χ1v) is 8.01. The second-order valence-electron chi connectivity index (χ2n) is 5.96. The van der Waals surface area contributed by atoms with Crippen LogP contribution in [0.1, 0.15) is 32.1 Å². The summed E-state index contributed by atoms with van der Waals surface area (Å²) in [5.41, 5.74) is 1.54. The fourth-order valence-corrected chi connectivity index (χ4v) is 3.12. The highest BCUT2D eigenvalue weighted by Gasteiger charge is 2.24. The van der Waals surface area contributed by atoms with E-state index in [4.69, 9.17) is 4.74 Å². The van der Waals surface area contributed by atoms with E-state index >= 15 is 0 Å². The highest BCUT2D eigenvalue weighted by Crippen LogP contribution is 2.29. The summed E-state index contributed by atoms with van der Waals surface area (Å²) < 4.78 is 5.36. The Morgan fingerprint density at radius 3 is 2.86 bits per heavy atom. The summed E-state index contributed by atoms with van der Waals surface area (Å²) in [6.45, 7) is 2.07. The van der Waals surface area contributed by atoms with E-state index in [1.165, 1.54) is 0 Å². The zero-order valence-electron chi connectivity index (χ0n) is 12.7. The molecule has 0 unspecified atom stereocenters. The number of ether oxygens (including phenoxy) is 1. The number of nitrogens with one attached hydrogen (secondary N) is 1. The highest BCUT2D eigenvalue weighted by atomic mass is 16.5. The third kappa shape index (κ3) is 3.47. The number of para-hydroxylation sites is 2. The molecule has 2 aliphatic rings. The number of hydrogen-bond acceptors (Lipinski definition) is 3. The zero-order valence-corrected chi connectivity index (χ0v) is 12.7. The van der Waals surface area contributed by atoms with Gasteiger partial charge in [0.1, 0.15) is 0 Å². The van der Waals surface area contributed by atoms with Crippen LogP contribution in [0.4, 0.5) is 11.4 Å². The Bertz CT molecular complexity index is 553. The molecule has 1 saturated heterocycles. The van der Waals surface area contributed by atoms with Gasteiger partial charge in [-0.05, 0) is 37.3 Å². The summed E-state index contributed by atoms with van der Waals surface area (Å²) in [5, 5.41) is 2.86. The lowest BCUT2D eigenvalue weighted by Crippen LogP contribution is -2.32. The van der Waals surface area contributed by atoms with E-state index in [0.717, 1.165) is 43.9 Å². The molecule has 2 heterocycles. The van der Waals surface area contributed by atoms with Gasteiger partial charge in [-0.15, -0.1) is 0 Å². The molecule has 5 nitrogen and oxygen atoms in total. The Morgan fingerprint density at radius 2 is 2.05 bits per heavy atom. The monoisotopic (exact) mass is 302 g/mol. The number of hydrogen-bond donors (Lipinski definition) is 1. The van der Waals surface area contributed by atoms with Gasteiger partial charge in [0.15, 0.2) is 0 Å². The number of anilines is 2. The minimum absolute atomic E-state index is 0.0350. The molecule has 0 spiro atoms. The van der Waals surface area contributed by atoms with Gasteiger partial charge in [-0.2, -0.15) is 0 Å². The second-order valence-corrected chi connectivity index (χ2v) is 5.96. The van der Waals surface area contributed by atoms with Crippen molar-refractivity contribution in [2.45, 2.75) is 32.1 Å². The number of carbonyl (C=O) groups is 2. The Hall–Kier alpha value is -1.88. The third-order valence-electron chi connectivity index (χ3n) is 4.44. The molecule has 1 aromatic carbocycles. The molecule has 2 aliphatic heterocycles. The predicted molar refractivity (Wildman–Crippen MR) is 84.8 cm³/mol. The molecule has 2 amide bonds. The molecule has 118 valence electrons. The van der Waals surface area contributed by atoms with Crippen LogP contribution < -0.4 is 10.2 Å². The van der Waals surface area contributed by atoms with Crippen LogP contribution in [0.15, 0.2) is 24.3 Å². The molecule has 3 rings (SSSR count). The van der Waals surface area contributed by atoms with Crippen molar-refractivity contribution in [3.8, 4) is 0 Å². The smallest absolute Gasteiger partial charge is 0.227 e. The normalized spacial score (nSPS) is 19.3. The number of benzene rings is 1. The summed E-state index contributed by atoms with van der Waals surface area (Å²) in [5.74, 6) is 0.655. The fourth-order valence-electron chi connectivity index (χ4n) is 3.12. The molecule has 0 radical (unpaired) electrons. The van der Waals surface area contributed by atoms with Crippen LogP contribution in [0.2, 0.25) is 0 Å². The molecule has 0 atom stereocenters. The fraction of sp³-hybridized carbons (Fsp3) is 0.529. The quantitative estimate of drug-likeness (QED) is 0.933. The van der Waals surface area contributed by atoms with Crippen LogP contribution in [0.5, 0.6) is 0 Å². The van der Waals surface area contributed by atoms with Gasteiger partial charge in [0.05, 0.1) is 11.4 Å². The van der Waals surface area contributed by atoms with Gasteiger partial charge < -0.3 is 15.0 Å². The average Bonchev–Trinajstić information content (AvgIpc) is 2.72. The maximum Gasteiger partial charge on any atom is 0.227 e. The second kappa shape index (κ2) is 6.92. The minimum Gasteiger partial charge on any atom is -0.381 e. The minimum atomic E-state index is -0.0350. The Labute approximate surface area is 130 Å². The van der Waals surface area contributed by atoms with Gasteiger partial charge >= 0.3 is 0 Å². The SMILES string of the molecule is O=C1CCN(C(=O)CCC2CCOCC2)c2ccccc2N1. The summed E-state index contributed by atoms with van der Waals surface area (Å²) in [6.07, 6.45) is 3.88. The first-order valence-electron chi connectivity index (χ1n) is 8.01. The molecule has 1 fully saturated rings. The lowest BCUT2D eigenvalue weighted by molar-refractivity contribution is -0.119. The summed E-state index contributed by atoms with van der Waals surface area (Å²) >= 11 is 0. The maximum absolute atomic E-state index is 12.6. The number of rotatable bonds is 3. The van der Waals surface area contributed by atoms with Gasteiger partial charge in [0, 0.05) is 32.6 Å². The Morgan fingerprint density at radius 1 is 1.27 bits per heavy atom. The Balaban J connectivity index is 1.67. The molecule has 0 aromatic heterocycles. The zero-order chi connectivity index (χ0) is 15.4. The number of amides is 2. The van der Waals surface area contributed by atoms with E-state index in [2.05, 4.69) is 5.32 Å². The third-order valence-corrected chi connectivity index (χ3v) is 4.44. The maximum atomic E-state index is 12.6. The topological polar surface area (TPSA) is 58.6 Å². The molecule has 0 bridgehead atoms. The lowest BCUT2D eigenvalue weighted by atomic mass is 9.94. The van der Waals surface area contributed by atoms with Crippen LogP contribution in [0, 0.1) is 5.92 Å². The van der Waals surface area contributed by atoms with E-state index in [-0.39, 0.29) is 11.8 Å². The molecular formula is C17H22N2O3. The lowest BCUT2D eigenvalue weighted by Gasteiger charge is -2.25. The van der Waals surface area contributed by atoms with Crippen molar-refractivity contribution in [1.29, 1.82) is 0 Å². The van der Waals surface area contributed by atoms with Crippen LogP contribution in [0.25, 0.3) is 0 Å². The molecule has 5 heteroatoms. The average molecular weight is 302 g/mol. The predicted octanol–water partition coefficient (Wildman–Crippen LogP) is 2.57.